The zero-order valence-electron chi connectivity index (χ0n) is 14.1. The maximum atomic E-state index is 12.6. The van der Waals surface area contributed by atoms with Gasteiger partial charge in [-0.1, -0.05) is 42.1 Å². The molecule has 0 bridgehead atoms. The van der Waals surface area contributed by atoms with E-state index < -0.39 is 11.8 Å². The van der Waals surface area contributed by atoms with E-state index in [1.54, 1.807) is 24.3 Å². The number of halogens is 2. The van der Waals surface area contributed by atoms with Crippen molar-refractivity contribution in [2.24, 2.45) is 0 Å². The van der Waals surface area contributed by atoms with Crippen LogP contribution in [-0.4, -0.2) is 31.4 Å². The van der Waals surface area contributed by atoms with Gasteiger partial charge in [0.1, 0.15) is 0 Å². The number of nitrogens with one attached hydrogen (secondary N) is 2. The van der Waals surface area contributed by atoms with Gasteiger partial charge in [0.2, 0.25) is 0 Å². The van der Waals surface area contributed by atoms with Gasteiger partial charge in [-0.3, -0.25) is 0 Å². The Morgan fingerprint density at radius 1 is 1.12 bits per heavy atom. The molecule has 2 rings (SSSR count). The molecule has 25 heavy (non-hydrogen) atoms. The minimum absolute atomic E-state index is 0.0684. The second-order valence-electron chi connectivity index (χ2n) is 5.51. The van der Waals surface area contributed by atoms with Crippen LogP contribution in [0.5, 0.6) is 0 Å². The number of nitrogens with zero attached hydrogens (tertiary/aromatic N) is 1. The average molecular weight is 365 g/mol. The monoisotopic (exact) mass is 365 g/mol. The Morgan fingerprint density at radius 3 is 2.44 bits per heavy atom. The number of urea groups is 1. The van der Waals surface area contributed by atoms with Crippen molar-refractivity contribution in [1.82, 2.24) is 5.32 Å². The lowest BCUT2D eigenvalue weighted by atomic mass is 10.2. The summed E-state index contributed by atoms with van der Waals surface area (Å²) in [5.41, 5.74) is 1.42. The summed E-state index contributed by atoms with van der Waals surface area (Å²) in [4.78, 5) is 14.5. The number of benzene rings is 2. The molecule has 0 heterocycles. The summed E-state index contributed by atoms with van der Waals surface area (Å²) < 4.78 is 25.1. The molecule has 0 radical (unpaired) electrons. The molecular weight excluding hydrogens is 344 g/mol. The first-order valence-electron chi connectivity index (χ1n) is 7.84. The van der Waals surface area contributed by atoms with Gasteiger partial charge in [-0.15, -0.1) is 0 Å². The molecule has 2 amide bonds. The Kier molecular flexibility index (Phi) is 7.06. The molecule has 7 heteroatoms. The highest BCUT2D eigenvalue weighted by atomic mass is 32.2. The minimum atomic E-state index is -2.54. The first-order chi connectivity index (χ1) is 12.0. The first-order valence-corrected chi connectivity index (χ1v) is 8.72. The van der Waals surface area contributed by atoms with Gasteiger partial charge in [-0.2, -0.15) is 8.78 Å². The number of rotatable bonds is 7. The molecule has 134 valence electrons. The van der Waals surface area contributed by atoms with Crippen molar-refractivity contribution in [3.8, 4) is 0 Å². The Bertz CT molecular complexity index is 685. The normalized spacial score (nSPS) is 11.9. The molecule has 0 unspecified atom stereocenters. The number of carbonyl (C=O) groups is 1. The SMILES string of the molecule is C[C@H](CNC(=O)Nc1ccccc1SC(F)F)N(C)c1ccccc1. The van der Waals surface area contributed by atoms with E-state index in [1.165, 1.54) is 0 Å². The highest BCUT2D eigenvalue weighted by Crippen LogP contribution is 2.31. The van der Waals surface area contributed by atoms with E-state index in [0.29, 0.717) is 28.9 Å². The van der Waals surface area contributed by atoms with Crippen molar-refractivity contribution < 1.29 is 13.6 Å². The van der Waals surface area contributed by atoms with E-state index in [2.05, 4.69) is 15.5 Å². The Labute approximate surface area is 150 Å². The fourth-order valence-electron chi connectivity index (χ4n) is 2.23. The fourth-order valence-corrected chi connectivity index (χ4v) is 2.83. The van der Waals surface area contributed by atoms with Crippen LogP contribution in [0.25, 0.3) is 0 Å². The van der Waals surface area contributed by atoms with Gasteiger partial charge >= 0.3 is 6.03 Å². The highest BCUT2D eigenvalue weighted by molar-refractivity contribution is 7.99. The molecule has 0 fully saturated rings. The maximum Gasteiger partial charge on any atom is 0.319 e. The zero-order chi connectivity index (χ0) is 18.2. The number of para-hydroxylation sites is 2. The van der Waals surface area contributed by atoms with Gasteiger partial charge in [-0.05, 0) is 31.2 Å². The number of thioether (sulfide) groups is 1. The third-order valence-electron chi connectivity index (χ3n) is 3.73. The third-order valence-corrected chi connectivity index (χ3v) is 4.52. The zero-order valence-corrected chi connectivity index (χ0v) is 14.9. The molecule has 4 nitrogen and oxygen atoms in total. The fraction of sp³-hybridized carbons (Fsp3) is 0.278. The Morgan fingerprint density at radius 2 is 1.76 bits per heavy atom. The summed E-state index contributed by atoms with van der Waals surface area (Å²) in [6.07, 6.45) is 0. The summed E-state index contributed by atoms with van der Waals surface area (Å²) in [6.45, 7) is 2.41. The van der Waals surface area contributed by atoms with E-state index in [-0.39, 0.29) is 6.04 Å². The smallest absolute Gasteiger partial charge is 0.319 e. The van der Waals surface area contributed by atoms with E-state index in [0.717, 1.165) is 5.69 Å². The van der Waals surface area contributed by atoms with Crippen LogP contribution in [0, 0.1) is 0 Å². The summed E-state index contributed by atoms with van der Waals surface area (Å²) in [7, 11) is 1.95. The molecule has 2 aromatic rings. The van der Waals surface area contributed by atoms with Gasteiger partial charge in [0, 0.05) is 30.2 Å². The molecule has 0 saturated heterocycles. The summed E-state index contributed by atoms with van der Waals surface area (Å²) >= 11 is 0.410. The van der Waals surface area contributed by atoms with Crippen molar-refractivity contribution in [1.29, 1.82) is 0 Å². The maximum absolute atomic E-state index is 12.6. The predicted octanol–water partition coefficient (Wildman–Crippen LogP) is 4.65. The van der Waals surface area contributed by atoms with Crippen LogP contribution in [0.4, 0.5) is 25.0 Å². The Hall–Kier alpha value is -2.28. The van der Waals surface area contributed by atoms with E-state index in [1.807, 2.05) is 44.3 Å². The number of anilines is 2. The molecule has 0 saturated carbocycles. The summed E-state index contributed by atoms with van der Waals surface area (Å²) in [5, 5.41) is 5.40. The van der Waals surface area contributed by atoms with Gasteiger partial charge in [-0.25, -0.2) is 4.79 Å². The minimum Gasteiger partial charge on any atom is -0.370 e. The van der Waals surface area contributed by atoms with Gasteiger partial charge in [0.15, 0.2) is 0 Å². The van der Waals surface area contributed by atoms with Crippen LogP contribution < -0.4 is 15.5 Å². The second-order valence-corrected chi connectivity index (χ2v) is 6.54. The predicted molar refractivity (Wildman–Crippen MR) is 99.6 cm³/mol. The van der Waals surface area contributed by atoms with E-state index in [4.69, 9.17) is 0 Å². The highest BCUT2D eigenvalue weighted by Gasteiger charge is 2.14. The Balaban J connectivity index is 1.89. The molecule has 2 N–H and O–H groups in total. The molecule has 0 aliphatic rings. The van der Waals surface area contributed by atoms with Crippen molar-refractivity contribution in [2.75, 3.05) is 23.8 Å². The number of likely N-dealkylation sites (N-methyl/N-ethyl adjacent to an activating group) is 1. The average Bonchev–Trinajstić information content (AvgIpc) is 2.61. The molecule has 0 aliphatic carbocycles. The van der Waals surface area contributed by atoms with Crippen LogP contribution in [0.3, 0.4) is 0 Å². The van der Waals surface area contributed by atoms with Gasteiger partial charge < -0.3 is 15.5 Å². The number of amides is 2. The number of hydrogen-bond acceptors (Lipinski definition) is 3. The lowest BCUT2D eigenvalue weighted by Gasteiger charge is -2.27. The quantitative estimate of drug-likeness (QED) is 0.702. The van der Waals surface area contributed by atoms with Crippen LogP contribution in [0.1, 0.15) is 6.92 Å². The second kappa shape index (κ2) is 9.27. The standard InChI is InChI=1S/C18H21F2N3OS/c1-13(23(2)14-8-4-3-5-9-14)12-21-18(24)22-15-10-6-7-11-16(15)25-17(19)20/h3-11,13,17H,12H2,1-2H3,(H2,21,22,24)/t13-/m1/s1. The van der Waals surface area contributed by atoms with E-state index in [9.17, 15) is 13.6 Å². The van der Waals surface area contributed by atoms with Crippen molar-refractivity contribution >= 4 is 29.2 Å². The van der Waals surface area contributed by atoms with Crippen molar-refractivity contribution in [3.05, 3.63) is 54.6 Å². The van der Waals surface area contributed by atoms with E-state index >= 15 is 0 Å². The first kappa shape index (κ1) is 19.1. The molecule has 1 atom stereocenters. The number of carbonyl (C=O) groups excluding carboxylic acids is 1. The van der Waals surface area contributed by atoms with Crippen molar-refractivity contribution in [3.63, 3.8) is 0 Å². The van der Waals surface area contributed by atoms with Crippen molar-refractivity contribution in [2.45, 2.75) is 23.6 Å². The molecule has 0 aromatic heterocycles. The van der Waals surface area contributed by atoms with Gasteiger partial charge in [0.05, 0.1) is 5.69 Å². The van der Waals surface area contributed by atoms with Crippen LogP contribution in [0.15, 0.2) is 59.5 Å². The summed E-state index contributed by atoms with van der Waals surface area (Å²) in [5.74, 6) is -2.54. The topological polar surface area (TPSA) is 44.4 Å². The molecule has 2 aromatic carbocycles. The molecular formula is C18H21F2N3OS. The molecule has 0 aliphatic heterocycles. The lowest BCUT2D eigenvalue weighted by molar-refractivity contribution is 0.250. The van der Waals surface area contributed by atoms with Crippen LogP contribution >= 0.6 is 11.8 Å². The molecule has 0 spiro atoms. The number of alkyl halides is 2. The van der Waals surface area contributed by atoms with Gasteiger partial charge in [0.25, 0.3) is 5.76 Å². The lowest BCUT2D eigenvalue weighted by Crippen LogP contribution is -2.41. The third kappa shape index (κ3) is 5.94. The largest absolute Gasteiger partial charge is 0.370 e. The van der Waals surface area contributed by atoms with Crippen LogP contribution in [-0.2, 0) is 0 Å². The van der Waals surface area contributed by atoms with Crippen LogP contribution in [0.2, 0.25) is 0 Å². The number of hydrogen-bond donors (Lipinski definition) is 2. The summed E-state index contributed by atoms with van der Waals surface area (Å²) in [6, 6.07) is 16.0.